The first-order valence-corrected chi connectivity index (χ1v) is 12.0. The molecule has 4 rings (SSSR count). The van der Waals surface area contributed by atoms with Gasteiger partial charge in [0.05, 0.1) is 10.5 Å². The van der Waals surface area contributed by atoms with E-state index in [4.69, 9.17) is 4.74 Å². The normalized spacial score (nSPS) is 16.7. The van der Waals surface area contributed by atoms with E-state index < -0.39 is 22.6 Å². The topological polar surface area (TPSA) is 84.0 Å². The van der Waals surface area contributed by atoms with Gasteiger partial charge in [0.25, 0.3) is 5.91 Å². The van der Waals surface area contributed by atoms with Gasteiger partial charge in [-0.3, -0.25) is 4.79 Å². The lowest BCUT2D eigenvalue weighted by Gasteiger charge is -2.26. The van der Waals surface area contributed by atoms with Crippen LogP contribution in [-0.2, 0) is 26.0 Å². The van der Waals surface area contributed by atoms with E-state index in [1.54, 1.807) is 17.9 Å². The van der Waals surface area contributed by atoms with Crippen LogP contribution in [0.25, 0.3) is 0 Å². The predicted octanol–water partition coefficient (Wildman–Crippen LogP) is 2.92. The molecule has 8 heteroatoms. The third kappa shape index (κ3) is 4.36. The molecule has 1 fully saturated rings. The number of carbonyl (C=O) groups is 2. The molecule has 0 atom stereocenters. The van der Waals surface area contributed by atoms with Crippen LogP contribution in [0.4, 0.5) is 5.69 Å². The largest absolute Gasteiger partial charge is 0.452 e. The summed E-state index contributed by atoms with van der Waals surface area (Å²) in [5, 5.41) is 0. The van der Waals surface area contributed by atoms with E-state index >= 15 is 0 Å². The van der Waals surface area contributed by atoms with Crippen molar-refractivity contribution in [3.8, 4) is 0 Å². The molecule has 0 unspecified atom stereocenters. The van der Waals surface area contributed by atoms with Crippen molar-refractivity contribution in [2.24, 2.45) is 0 Å². The molecule has 0 N–H and O–H groups in total. The molecule has 2 aromatic carbocycles. The molecule has 0 radical (unpaired) electrons. The number of nitrogens with zero attached hydrogens (tertiary/aromatic N) is 2. The minimum atomic E-state index is -3.66. The van der Waals surface area contributed by atoms with Crippen LogP contribution < -0.4 is 4.90 Å². The second-order valence-electron chi connectivity index (χ2n) is 7.94. The van der Waals surface area contributed by atoms with Crippen molar-refractivity contribution in [3.63, 3.8) is 0 Å². The third-order valence-electron chi connectivity index (χ3n) is 5.90. The van der Waals surface area contributed by atoms with E-state index in [-0.39, 0.29) is 16.4 Å². The van der Waals surface area contributed by atoms with Crippen LogP contribution in [-0.4, -0.2) is 50.8 Å². The SMILES string of the molecule is Cc1ccc(S(=O)(=O)N2CCCCC2)cc1C(=O)OCC(=O)N1CCc2ccccc21. The maximum Gasteiger partial charge on any atom is 0.338 e. The number of sulfonamides is 1. The van der Waals surface area contributed by atoms with E-state index in [2.05, 4.69) is 0 Å². The average molecular weight is 443 g/mol. The highest BCUT2D eigenvalue weighted by Gasteiger charge is 2.28. The van der Waals surface area contributed by atoms with Gasteiger partial charge in [0.2, 0.25) is 10.0 Å². The van der Waals surface area contributed by atoms with Gasteiger partial charge in [0.1, 0.15) is 0 Å². The van der Waals surface area contributed by atoms with Gasteiger partial charge in [0, 0.05) is 25.3 Å². The molecule has 0 aliphatic carbocycles. The highest BCUT2D eigenvalue weighted by molar-refractivity contribution is 7.89. The van der Waals surface area contributed by atoms with Crippen LogP contribution in [0.2, 0.25) is 0 Å². The van der Waals surface area contributed by atoms with Crippen molar-refractivity contribution < 1.29 is 22.7 Å². The van der Waals surface area contributed by atoms with Gasteiger partial charge in [-0.25, -0.2) is 13.2 Å². The summed E-state index contributed by atoms with van der Waals surface area (Å²) in [7, 11) is -3.66. The van der Waals surface area contributed by atoms with Gasteiger partial charge in [-0.1, -0.05) is 30.7 Å². The summed E-state index contributed by atoms with van der Waals surface area (Å²) in [6.07, 6.45) is 3.46. The van der Waals surface area contributed by atoms with Gasteiger partial charge in [-0.15, -0.1) is 0 Å². The van der Waals surface area contributed by atoms with E-state index in [1.807, 2.05) is 24.3 Å². The van der Waals surface area contributed by atoms with E-state index in [0.29, 0.717) is 25.2 Å². The molecule has 31 heavy (non-hydrogen) atoms. The number of para-hydroxylation sites is 1. The number of aryl methyl sites for hydroxylation is 1. The molecule has 164 valence electrons. The number of piperidine rings is 1. The maximum absolute atomic E-state index is 12.9. The molecule has 2 aliphatic heterocycles. The molecule has 0 bridgehead atoms. The number of hydrogen-bond acceptors (Lipinski definition) is 5. The van der Waals surface area contributed by atoms with Crippen LogP contribution in [0.1, 0.15) is 40.7 Å². The zero-order valence-electron chi connectivity index (χ0n) is 17.5. The zero-order chi connectivity index (χ0) is 22.0. The summed E-state index contributed by atoms with van der Waals surface area (Å²) in [6.45, 7) is 2.85. The number of esters is 1. The van der Waals surface area contributed by atoms with Gasteiger partial charge < -0.3 is 9.64 Å². The molecule has 0 aromatic heterocycles. The lowest BCUT2D eigenvalue weighted by molar-refractivity contribution is -0.121. The maximum atomic E-state index is 12.9. The Bertz CT molecular complexity index is 1110. The fourth-order valence-corrected chi connectivity index (χ4v) is 5.66. The molecule has 2 heterocycles. The first-order chi connectivity index (χ1) is 14.9. The minimum absolute atomic E-state index is 0.0757. The number of anilines is 1. The number of ether oxygens (including phenoxy) is 1. The Hall–Kier alpha value is -2.71. The van der Waals surface area contributed by atoms with Gasteiger partial charge in [-0.05, 0) is 55.5 Å². The van der Waals surface area contributed by atoms with Gasteiger partial charge in [0.15, 0.2) is 6.61 Å². The van der Waals surface area contributed by atoms with Gasteiger partial charge in [-0.2, -0.15) is 4.31 Å². The molecular weight excluding hydrogens is 416 g/mol. The Balaban J connectivity index is 1.46. The van der Waals surface area contributed by atoms with Gasteiger partial charge >= 0.3 is 5.97 Å². The number of benzene rings is 2. The minimum Gasteiger partial charge on any atom is -0.452 e. The number of carbonyl (C=O) groups excluding carboxylic acids is 2. The second-order valence-corrected chi connectivity index (χ2v) is 9.88. The number of hydrogen-bond donors (Lipinski definition) is 0. The summed E-state index contributed by atoms with van der Waals surface area (Å²) < 4.78 is 32.6. The Kier molecular flexibility index (Phi) is 6.11. The molecule has 2 aromatic rings. The predicted molar refractivity (Wildman–Crippen MR) is 117 cm³/mol. The third-order valence-corrected chi connectivity index (χ3v) is 7.79. The summed E-state index contributed by atoms with van der Waals surface area (Å²) in [6, 6.07) is 12.1. The molecule has 1 saturated heterocycles. The summed E-state index contributed by atoms with van der Waals surface area (Å²) in [5.74, 6) is -0.998. The molecule has 0 saturated carbocycles. The summed E-state index contributed by atoms with van der Waals surface area (Å²) >= 11 is 0. The standard InChI is InChI=1S/C23H26N2O5S/c1-17-9-10-19(31(28,29)24-12-5-2-6-13-24)15-20(17)23(27)30-16-22(26)25-14-11-18-7-3-4-8-21(18)25/h3-4,7-10,15H,2,5-6,11-14,16H2,1H3. The average Bonchev–Trinajstić information content (AvgIpc) is 3.22. The lowest BCUT2D eigenvalue weighted by Crippen LogP contribution is -2.35. The Morgan fingerprint density at radius 1 is 1.00 bits per heavy atom. The highest BCUT2D eigenvalue weighted by Crippen LogP contribution is 2.27. The number of rotatable bonds is 5. The van der Waals surface area contributed by atoms with E-state index in [1.165, 1.54) is 16.4 Å². The zero-order valence-corrected chi connectivity index (χ0v) is 18.4. The van der Waals surface area contributed by atoms with Crippen LogP contribution in [0.15, 0.2) is 47.4 Å². The van der Waals surface area contributed by atoms with Crippen LogP contribution in [0, 0.1) is 6.92 Å². The fraction of sp³-hybridized carbons (Fsp3) is 0.391. The summed E-state index contributed by atoms with van der Waals surface area (Å²) in [5.41, 5.74) is 2.69. The second kappa shape index (κ2) is 8.80. The Morgan fingerprint density at radius 3 is 2.52 bits per heavy atom. The number of fused-ring (bicyclic) bond motifs is 1. The molecule has 0 spiro atoms. The van der Waals surface area contributed by atoms with Crippen molar-refractivity contribution in [1.29, 1.82) is 0 Å². The van der Waals surface area contributed by atoms with E-state index in [9.17, 15) is 18.0 Å². The Morgan fingerprint density at radius 2 is 1.74 bits per heavy atom. The fourth-order valence-electron chi connectivity index (χ4n) is 4.12. The van der Waals surface area contributed by atoms with Crippen molar-refractivity contribution >= 4 is 27.6 Å². The van der Waals surface area contributed by atoms with Crippen molar-refractivity contribution in [2.45, 2.75) is 37.5 Å². The molecule has 1 amide bonds. The van der Waals surface area contributed by atoms with Crippen LogP contribution in [0.5, 0.6) is 0 Å². The number of amides is 1. The Labute approximate surface area is 182 Å². The van der Waals surface area contributed by atoms with Crippen LogP contribution >= 0.6 is 0 Å². The lowest BCUT2D eigenvalue weighted by atomic mass is 10.1. The quantitative estimate of drug-likeness (QED) is 0.665. The molecular formula is C23H26N2O5S. The molecule has 7 nitrogen and oxygen atoms in total. The van der Waals surface area contributed by atoms with Crippen molar-refractivity contribution in [3.05, 3.63) is 59.2 Å². The first kappa shape index (κ1) is 21.5. The monoisotopic (exact) mass is 442 g/mol. The first-order valence-electron chi connectivity index (χ1n) is 10.5. The summed E-state index contributed by atoms with van der Waals surface area (Å²) in [4.78, 5) is 27.0. The van der Waals surface area contributed by atoms with Crippen molar-refractivity contribution in [2.75, 3.05) is 31.1 Å². The van der Waals surface area contributed by atoms with Crippen LogP contribution in [0.3, 0.4) is 0 Å². The van der Waals surface area contributed by atoms with Crippen molar-refractivity contribution in [1.82, 2.24) is 4.31 Å². The smallest absolute Gasteiger partial charge is 0.338 e. The molecule has 2 aliphatic rings. The van der Waals surface area contributed by atoms with E-state index in [0.717, 1.165) is 36.9 Å². The highest BCUT2D eigenvalue weighted by atomic mass is 32.2.